The van der Waals surface area contributed by atoms with Gasteiger partial charge in [-0.25, -0.2) is 4.79 Å². The van der Waals surface area contributed by atoms with Crippen LogP contribution in [0.3, 0.4) is 0 Å². The van der Waals surface area contributed by atoms with Crippen molar-refractivity contribution in [3.63, 3.8) is 0 Å². The Balaban J connectivity index is 2.34. The number of nitrogens with one attached hydrogen (secondary N) is 4. The zero-order valence-electron chi connectivity index (χ0n) is 27.8. The van der Waals surface area contributed by atoms with Gasteiger partial charge in [-0.05, 0) is 30.4 Å². The van der Waals surface area contributed by atoms with E-state index in [2.05, 4.69) is 26.3 Å². The minimum atomic E-state index is -1.78. The molecule has 0 aliphatic carbocycles. The minimum Gasteiger partial charge on any atom is -0.481 e. The Labute approximate surface area is 293 Å². The zero-order chi connectivity index (χ0) is 37.9. The number of carboxylic acid groups (broad SMARTS) is 2. The van der Waals surface area contributed by atoms with Crippen LogP contribution in [0.15, 0.2) is 65.7 Å². The molecule has 2 rings (SSSR count). The van der Waals surface area contributed by atoms with Crippen molar-refractivity contribution < 1.29 is 43.8 Å². The van der Waals surface area contributed by atoms with Crippen LogP contribution in [0.25, 0.3) is 0 Å². The fourth-order valence-corrected chi connectivity index (χ4v) is 4.79. The van der Waals surface area contributed by atoms with E-state index in [1.165, 1.54) is 0 Å². The van der Waals surface area contributed by atoms with E-state index < -0.39 is 78.1 Å². The Morgan fingerprint density at radius 3 is 1.53 bits per heavy atom. The quantitative estimate of drug-likeness (QED) is 0.0348. The molecular formula is C33H45N9O9. The highest BCUT2D eigenvalue weighted by molar-refractivity contribution is 5.96. The van der Waals surface area contributed by atoms with Crippen molar-refractivity contribution in [1.82, 2.24) is 21.3 Å². The maximum absolute atomic E-state index is 13.8. The molecule has 0 fully saturated rings. The van der Waals surface area contributed by atoms with Crippen molar-refractivity contribution in [2.45, 2.75) is 75.2 Å². The van der Waals surface area contributed by atoms with E-state index in [9.17, 15) is 43.8 Å². The number of nitrogens with zero attached hydrogens (tertiary/aromatic N) is 1. The zero-order valence-corrected chi connectivity index (χ0v) is 27.8. The summed E-state index contributed by atoms with van der Waals surface area (Å²) in [6.07, 6.45) is -1.26. The number of hydrogen-bond acceptors (Lipinski definition) is 9. The van der Waals surface area contributed by atoms with Crippen LogP contribution in [0, 0.1) is 0 Å². The Bertz CT molecular complexity index is 1540. The molecule has 0 spiro atoms. The molecular weight excluding hydrogens is 666 g/mol. The molecule has 0 radical (unpaired) electrons. The molecule has 0 aliphatic rings. The van der Waals surface area contributed by atoms with Crippen molar-refractivity contribution in [1.29, 1.82) is 0 Å². The number of aliphatic imine (C=N–C) groups is 1. The largest absolute Gasteiger partial charge is 0.481 e. The van der Waals surface area contributed by atoms with Crippen molar-refractivity contribution in [3.8, 4) is 0 Å². The summed E-state index contributed by atoms with van der Waals surface area (Å²) in [5, 5.41) is 28.6. The lowest BCUT2D eigenvalue weighted by Crippen LogP contribution is -2.59. The van der Waals surface area contributed by atoms with E-state index in [1.54, 1.807) is 60.7 Å². The molecule has 276 valence electrons. The molecule has 2 aromatic rings. The predicted octanol–water partition coefficient (Wildman–Crippen LogP) is -2.38. The first kappa shape index (κ1) is 41.1. The lowest BCUT2D eigenvalue weighted by Gasteiger charge is -2.26. The van der Waals surface area contributed by atoms with Crippen LogP contribution in [0.1, 0.15) is 43.2 Å². The van der Waals surface area contributed by atoms with Crippen LogP contribution >= 0.6 is 0 Å². The Morgan fingerprint density at radius 1 is 0.627 bits per heavy atom. The molecule has 2 aromatic carbocycles. The van der Waals surface area contributed by atoms with Gasteiger partial charge in [0, 0.05) is 25.8 Å². The number of guanidine groups is 1. The first-order chi connectivity index (χ1) is 24.2. The molecule has 14 N–H and O–H groups in total. The van der Waals surface area contributed by atoms with Gasteiger partial charge in [0.25, 0.3) is 0 Å². The third kappa shape index (κ3) is 15.8. The first-order valence-corrected chi connectivity index (χ1v) is 16.0. The van der Waals surface area contributed by atoms with Crippen molar-refractivity contribution in [2.75, 3.05) is 6.54 Å². The number of carbonyl (C=O) groups is 7. The number of aliphatic carboxylic acids is 2. The lowest BCUT2D eigenvalue weighted by atomic mass is 10.0. The third-order valence-corrected chi connectivity index (χ3v) is 7.44. The van der Waals surface area contributed by atoms with Gasteiger partial charge in [0.1, 0.15) is 24.2 Å². The topological polar surface area (TPSA) is 325 Å². The summed E-state index contributed by atoms with van der Waals surface area (Å²) in [7, 11) is 0. The minimum absolute atomic E-state index is 0.00470. The highest BCUT2D eigenvalue weighted by atomic mass is 16.4. The van der Waals surface area contributed by atoms with Gasteiger partial charge in [-0.3, -0.25) is 33.8 Å². The van der Waals surface area contributed by atoms with Crippen LogP contribution in [0.5, 0.6) is 0 Å². The number of rotatable bonds is 22. The Hall–Kier alpha value is -6.04. The second-order valence-electron chi connectivity index (χ2n) is 11.6. The van der Waals surface area contributed by atoms with Gasteiger partial charge in [-0.15, -0.1) is 0 Å². The summed E-state index contributed by atoms with van der Waals surface area (Å²) in [5.74, 6) is -7.51. The first-order valence-electron chi connectivity index (χ1n) is 16.0. The summed E-state index contributed by atoms with van der Waals surface area (Å²) in [6.45, 7) is 0.235. The number of benzene rings is 2. The van der Waals surface area contributed by atoms with Gasteiger partial charge < -0.3 is 54.4 Å². The van der Waals surface area contributed by atoms with Gasteiger partial charge in [0.05, 0.1) is 12.5 Å². The van der Waals surface area contributed by atoms with E-state index in [4.69, 9.17) is 22.9 Å². The molecule has 18 heteroatoms. The number of primary amides is 1. The smallest absolute Gasteiger partial charge is 0.326 e. The number of nitrogens with two attached hydrogens (primary N) is 4. The molecule has 51 heavy (non-hydrogen) atoms. The monoisotopic (exact) mass is 711 g/mol. The molecule has 0 saturated heterocycles. The highest BCUT2D eigenvalue weighted by Gasteiger charge is 2.33. The van der Waals surface area contributed by atoms with E-state index in [0.717, 1.165) is 0 Å². The predicted molar refractivity (Wildman–Crippen MR) is 184 cm³/mol. The SMILES string of the molecule is NC(=O)CC[C@H](NC(=O)[C@H](CC(=O)O)NC(=O)[C@H](Cc1ccccc1)NC(=O)[C@H](Cc1ccccc1)NC(=O)[C@@H](N)CCCN=C(N)N)C(=O)O. The number of carboxylic acids is 2. The van der Waals surface area contributed by atoms with E-state index in [-0.39, 0.29) is 44.6 Å². The number of amides is 5. The molecule has 0 unspecified atom stereocenters. The van der Waals surface area contributed by atoms with Crippen LogP contribution < -0.4 is 44.2 Å². The molecule has 0 aliphatic heterocycles. The molecule has 0 saturated carbocycles. The standard InChI is InChI=1S/C33H45N9O9/c34-21(12-7-15-38-33(36)37)28(46)40-23(16-19-8-3-1-4-9-19)29(47)41-24(17-20-10-5-2-6-11-20)30(48)42-25(18-27(44)45)31(49)39-22(32(50)51)13-14-26(35)43/h1-6,8-11,21-25H,7,12-18,34H2,(H2,35,43)(H,39,49)(H,40,46)(H,41,47)(H,42,48)(H,44,45)(H,50,51)(H4,36,37,38)/t21-,22-,23-,24-,25-/m0/s1. The van der Waals surface area contributed by atoms with E-state index in [0.29, 0.717) is 17.5 Å². The van der Waals surface area contributed by atoms with E-state index >= 15 is 0 Å². The number of hydrogen-bond donors (Lipinski definition) is 10. The van der Waals surface area contributed by atoms with Crippen molar-refractivity contribution in [2.24, 2.45) is 27.9 Å². The van der Waals surface area contributed by atoms with Gasteiger partial charge in [0.2, 0.25) is 29.5 Å². The average Bonchev–Trinajstić information content (AvgIpc) is 3.07. The van der Waals surface area contributed by atoms with Crippen LogP contribution in [-0.4, -0.2) is 94.4 Å². The fraction of sp³-hybridized carbons (Fsp3) is 0.394. The molecule has 5 atom stereocenters. The second-order valence-corrected chi connectivity index (χ2v) is 11.6. The van der Waals surface area contributed by atoms with Crippen LogP contribution in [-0.2, 0) is 46.4 Å². The molecule has 5 amide bonds. The van der Waals surface area contributed by atoms with Gasteiger partial charge in [0.15, 0.2) is 5.96 Å². The van der Waals surface area contributed by atoms with Crippen LogP contribution in [0.2, 0.25) is 0 Å². The summed E-state index contributed by atoms with van der Waals surface area (Å²) in [5.41, 5.74) is 23.1. The summed E-state index contributed by atoms with van der Waals surface area (Å²) in [6, 6.07) is 10.1. The Morgan fingerprint density at radius 2 is 1.08 bits per heavy atom. The molecule has 18 nitrogen and oxygen atoms in total. The Kier molecular flexibility index (Phi) is 17.0. The summed E-state index contributed by atoms with van der Waals surface area (Å²) in [4.78, 5) is 92.0. The third-order valence-electron chi connectivity index (χ3n) is 7.44. The average molecular weight is 712 g/mol. The van der Waals surface area contributed by atoms with Crippen LogP contribution in [0.4, 0.5) is 0 Å². The van der Waals surface area contributed by atoms with E-state index in [1.807, 2.05) is 0 Å². The maximum atomic E-state index is 13.8. The normalized spacial score (nSPS) is 13.6. The maximum Gasteiger partial charge on any atom is 0.326 e. The molecule has 0 heterocycles. The van der Waals surface area contributed by atoms with Gasteiger partial charge in [-0.2, -0.15) is 0 Å². The summed E-state index contributed by atoms with van der Waals surface area (Å²) < 4.78 is 0. The highest BCUT2D eigenvalue weighted by Crippen LogP contribution is 2.09. The van der Waals surface area contributed by atoms with Crippen molar-refractivity contribution >= 4 is 47.4 Å². The second kappa shape index (κ2) is 21.1. The van der Waals surface area contributed by atoms with Gasteiger partial charge >= 0.3 is 11.9 Å². The lowest BCUT2D eigenvalue weighted by molar-refractivity contribution is -0.143. The van der Waals surface area contributed by atoms with Crippen molar-refractivity contribution in [3.05, 3.63) is 71.8 Å². The molecule has 0 bridgehead atoms. The summed E-state index contributed by atoms with van der Waals surface area (Å²) >= 11 is 0. The fourth-order valence-electron chi connectivity index (χ4n) is 4.79. The number of carbonyl (C=O) groups excluding carboxylic acids is 5. The van der Waals surface area contributed by atoms with Gasteiger partial charge in [-0.1, -0.05) is 60.7 Å². The molecule has 0 aromatic heterocycles.